The van der Waals surface area contributed by atoms with Crippen molar-refractivity contribution in [3.63, 3.8) is 0 Å². The van der Waals surface area contributed by atoms with Crippen molar-refractivity contribution in [3.05, 3.63) is 66.3 Å². The van der Waals surface area contributed by atoms with Gasteiger partial charge in [-0.2, -0.15) is 0 Å². The molecule has 0 saturated heterocycles. The summed E-state index contributed by atoms with van der Waals surface area (Å²) in [5.41, 5.74) is 2.85. The van der Waals surface area contributed by atoms with Crippen molar-refractivity contribution in [2.24, 2.45) is 7.05 Å². The van der Waals surface area contributed by atoms with Gasteiger partial charge in [0.2, 0.25) is 17.7 Å². The maximum Gasteiger partial charge on any atom is 0.247 e. The van der Waals surface area contributed by atoms with E-state index in [9.17, 15) is 4.79 Å². The van der Waals surface area contributed by atoms with Gasteiger partial charge in [0.1, 0.15) is 5.82 Å². The van der Waals surface area contributed by atoms with Gasteiger partial charge in [-0.3, -0.25) is 4.79 Å². The van der Waals surface area contributed by atoms with Crippen LogP contribution < -0.4 is 5.32 Å². The molecule has 0 bridgehead atoms. The van der Waals surface area contributed by atoms with E-state index in [-0.39, 0.29) is 12.5 Å². The number of hydrogen-bond acceptors (Lipinski definition) is 5. The second-order valence-corrected chi connectivity index (χ2v) is 6.22. The number of para-hydroxylation sites is 2. The van der Waals surface area contributed by atoms with Crippen LogP contribution in [0.1, 0.15) is 18.1 Å². The van der Waals surface area contributed by atoms with Gasteiger partial charge in [0.25, 0.3) is 0 Å². The third-order valence-corrected chi connectivity index (χ3v) is 4.38. The predicted molar refractivity (Wildman–Crippen MR) is 101 cm³/mol. The first-order valence-corrected chi connectivity index (χ1v) is 8.75. The number of nitrogens with one attached hydrogen (secondary N) is 1. The summed E-state index contributed by atoms with van der Waals surface area (Å²) in [5, 5.41) is 10.8. The number of carbonyl (C=O) groups excluding carboxylic acids is 1. The minimum Gasteiger partial charge on any atom is -0.419 e. The first-order chi connectivity index (χ1) is 13.2. The first kappa shape index (κ1) is 17.0. The lowest BCUT2D eigenvalue weighted by atomic mass is 10.2. The van der Waals surface area contributed by atoms with Gasteiger partial charge in [0.15, 0.2) is 0 Å². The molecule has 7 nitrogen and oxygen atoms in total. The largest absolute Gasteiger partial charge is 0.419 e. The third-order valence-electron chi connectivity index (χ3n) is 4.38. The van der Waals surface area contributed by atoms with Crippen LogP contribution in [-0.2, 0) is 24.8 Å². The summed E-state index contributed by atoms with van der Waals surface area (Å²) in [6.45, 7) is 0.210. The van der Waals surface area contributed by atoms with Crippen molar-refractivity contribution >= 4 is 16.9 Å². The number of rotatable bonds is 6. The summed E-state index contributed by atoms with van der Waals surface area (Å²) in [4.78, 5) is 16.7. The van der Waals surface area contributed by atoms with Crippen molar-refractivity contribution < 1.29 is 9.21 Å². The molecule has 2 aromatic heterocycles. The monoisotopic (exact) mass is 361 g/mol. The Kier molecular flexibility index (Phi) is 4.65. The highest BCUT2D eigenvalue weighted by molar-refractivity contribution is 5.77. The first-order valence-electron chi connectivity index (χ1n) is 8.75. The summed E-state index contributed by atoms with van der Waals surface area (Å²) in [5.74, 6) is 1.63. The maximum atomic E-state index is 12.2. The zero-order chi connectivity index (χ0) is 18.6. The van der Waals surface area contributed by atoms with Crippen LogP contribution in [0, 0.1) is 0 Å². The number of benzene rings is 2. The van der Waals surface area contributed by atoms with Crippen LogP contribution in [0.5, 0.6) is 0 Å². The Balaban J connectivity index is 1.32. The van der Waals surface area contributed by atoms with Crippen LogP contribution in [0.2, 0.25) is 0 Å². The summed E-state index contributed by atoms with van der Waals surface area (Å²) in [6.07, 6.45) is 0.910. The molecule has 7 heteroatoms. The second-order valence-electron chi connectivity index (χ2n) is 6.22. The Morgan fingerprint density at radius 3 is 2.67 bits per heavy atom. The van der Waals surface area contributed by atoms with E-state index >= 15 is 0 Å². The van der Waals surface area contributed by atoms with Gasteiger partial charge in [-0.05, 0) is 24.3 Å². The van der Waals surface area contributed by atoms with Crippen LogP contribution in [0.25, 0.3) is 22.5 Å². The van der Waals surface area contributed by atoms with Crippen LogP contribution in [-0.4, -0.2) is 25.7 Å². The molecule has 0 atom stereocenters. The predicted octanol–water partition coefficient (Wildman–Crippen LogP) is 2.87. The van der Waals surface area contributed by atoms with Gasteiger partial charge >= 0.3 is 0 Å². The van der Waals surface area contributed by atoms with Crippen LogP contribution in [0.4, 0.5) is 0 Å². The molecule has 0 aliphatic carbocycles. The minimum absolute atomic E-state index is 0.0819. The van der Waals surface area contributed by atoms with Crippen molar-refractivity contribution in [1.82, 2.24) is 25.1 Å². The van der Waals surface area contributed by atoms with E-state index in [2.05, 4.69) is 20.5 Å². The molecule has 1 amide bonds. The average Bonchev–Trinajstić information content (AvgIpc) is 3.31. The summed E-state index contributed by atoms with van der Waals surface area (Å²) in [7, 11) is 1.96. The molecule has 0 aliphatic heterocycles. The highest BCUT2D eigenvalue weighted by Gasteiger charge is 2.12. The fourth-order valence-corrected chi connectivity index (χ4v) is 2.93. The highest BCUT2D eigenvalue weighted by atomic mass is 16.4. The molecule has 0 saturated carbocycles. The Morgan fingerprint density at radius 2 is 1.85 bits per heavy atom. The lowest BCUT2D eigenvalue weighted by Gasteiger charge is -2.03. The molecule has 0 spiro atoms. The second kappa shape index (κ2) is 7.41. The molecule has 0 aliphatic rings. The topological polar surface area (TPSA) is 85.8 Å². The highest BCUT2D eigenvalue weighted by Crippen LogP contribution is 2.17. The van der Waals surface area contributed by atoms with Crippen LogP contribution in [0.3, 0.4) is 0 Å². The van der Waals surface area contributed by atoms with E-state index in [0.717, 1.165) is 22.4 Å². The van der Waals surface area contributed by atoms with Gasteiger partial charge in [0.05, 0.1) is 17.6 Å². The normalized spacial score (nSPS) is 11.0. The van der Waals surface area contributed by atoms with E-state index < -0.39 is 0 Å². The van der Waals surface area contributed by atoms with Gasteiger partial charge in [0, 0.05) is 25.5 Å². The summed E-state index contributed by atoms with van der Waals surface area (Å²) < 4.78 is 7.61. The standard InChI is InChI=1S/C20H19N5O2/c1-25-16-10-6-5-9-15(16)22-17(25)11-12-18(26)21-13-19-23-24-20(27-19)14-7-3-2-4-8-14/h2-10H,11-13H2,1H3,(H,21,26). The fraction of sp³-hybridized carbons (Fsp3) is 0.200. The molecule has 1 N–H and O–H groups in total. The molecule has 27 heavy (non-hydrogen) atoms. The molecule has 0 radical (unpaired) electrons. The minimum atomic E-state index is -0.0819. The number of fused-ring (bicyclic) bond motifs is 1. The Labute approximate surface area is 156 Å². The Morgan fingerprint density at radius 1 is 1.07 bits per heavy atom. The lowest BCUT2D eigenvalue weighted by Crippen LogP contribution is -2.23. The molecule has 136 valence electrons. The zero-order valence-corrected chi connectivity index (χ0v) is 14.9. The molecule has 4 aromatic rings. The number of aromatic nitrogens is 4. The van der Waals surface area contributed by atoms with Crippen molar-refractivity contribution in [2.45, 2.75) is 19.4 Å². The molecule has 4 rings (SSSR count). The molecule has 0 fully saturated rings. The van der Waals surface area contributed by atoms with E-state index in [0.29, 0.717) is 24.6 Å². The van der Waals surface area contributed by atoms with E-state index in [1.807, 2.05) is 66.2 Å². The molecular formula is C20H19N5O2. The fourth-order valence-electron chi connectivity index (χ4n) is 2.93. The average molecular weight is 361 g/mol. The number of nitrogens with zero attached hydrogens (tertiary/aromatic N) is 4. The van der Waals surface area contributed by atoms with Gasteiger partial charge in [-0.15, -0.1) is 10.2 Å². The molecular weight excluding hydrogens is 342 g/mol. The SMILES string of the molecule is Cn1c(CCC(=O)NCc2nnc(-c3ccccc3)o2)nc2ccccc21. The maximum absolute atomic E-state index is 12.2. The Bertz CT molecular complexity index is 1070. The zero-order valence-electron chi connectivity index (χ0n) is 14.9. The quantitative estimate of drug-likeness (QED) is 0.571. The van der Waals surface area contributed by atoms with Crippen molar-refractivity contribution in [2.75, 3.05) is 0 Å². The van der Waals surface area contributed by atoms with Crippen LogP contribution in [0.15, 0.2) is 59.0 Å². The number of imidazole rings is 1. The number of hydrogen-bond donors (Lipinski definition) is 1. The van der Waals surface area contributed by atoms with E-state index in [4.69, 9.17) is 4.42 Å². The lowest BCUT2D eigenvalue weighted by molar-refractivity contribution is -0.121. The molecule has 0 unspecified atom stereocenters. The van der Waals surface area contributed by atoms with Gasteiger partial charge in [-0.25, -0.2) is 4.98 Å². The third kappa shape index (κ3) is 3.72. The Hall–Kier alpha value is -3.48. The van der Waals surface area contributed by atoms with Gasteiger partial charge < -0.3 is 14.3 Å². The molecule has 2 aromatic carbocycles. The number of carbonyl (C=O) groups is 1. The smallest absolute Gasteiger partial charge is 0.247 e. The summed E-state index contributed by atoms with van der Waals surface area (Å²) >= 11 is 0. The van der Waals surface area contributed by atoms with Crippen LogP contribution >= 0.6 is 0 Å². The van der Waals surface area contributed by atoms with Crippen molar-refractivity contribution in [1.29, 1.82) is 0 Å². The van der Waals surface area contributed by atoms with Crippen molar-refractivity contribution in [3.8, 4) is 11.5 Å². The van der Waals surface area contributed by atoms with Gasteiger partial charge in [-0.1, -0.05) is 30.3 Å². The van der Waals surface area contributed by atoms with E-state index in [1.165, 1.54) is 0 Å². The summed E-state index contributed by atoms with van der Waals surface area (Å²) in [6, 6.07) is 17.5. The molecule has 2 heterocycles. The number of aryl methyl sites for hydroxylation is 2. The number of amides is 1. The van der Waals surface area contributed by atoms with E-state index in [1.54, 1.807) is 0 Å².